The molecule has 370 valence electrons. The van der Waals surface area contributed by atoms with Gasteiger partial charge in [0.1, 0.15) is 17.3 Å². The van der Waals surface area contributed by atoms with Crippen LogP contribution in [0.4, 0.5) is 42.0 Å². The number of rotatable bonds is 23. The molecule has 3 aromatic rings. The van der Waals surface area contributed by atoms with Gasteiger partial charge in [-0.05, 0) is 55.9 Å². The summed E-state index contributed by atoms with van der Waals surface area (Å²) in [5.74, 6) is -6.80. The number of methoxy groups -OCH3 is 1. The number of imide groups is 1. The maximum atomic E-state index is 15.6. The summed E-state index contributed by atoms with van der Waals surface area (Å²) in [5, 5.41) is 11.6. The maximum absolute atomic E-state index is 15.6. The van der Waals surface area contributed by atoms with Crippen molar-refractivity contribution in [2.24, 2.45) is 0 Å². The number of aromatic nitrogens is 2. The molecule has 1 atom stereocenters. The van der Waals surface area contributed by atoms with E-state index in [1.807, 2.05) is 24.3 Å². The van der Waals surface area contributed by atoms with E-state index >= 15 is 13.2 Å². The fourth-order valence-corrected chi connectivity index (χ4v) is 8.85. The third-order valence-corrected chi connectivity index (χ3v) is 12.6. The number of likely N-dealkylation sites (tertiary alicyclic amines) is 1. The Morgan fingerprint density at radius 2 is 1.54 bits per heavy atom. The van der Waals surface area contributed by atoms with Crippen LogP contribution < -0.4 is 35.8 Å². The molecule has 2 saturated heterocycles. The number of anilines is 5. The summed E-state index contributed by atoms with van der Waals surface area (Å²) < 4.78 is 73.7. The number of fused-ring (bicyclic) bond motifs is 1. The summed E-state index contributed by atoms with van der Waals surface area (Å²) >= 11 is 0. The molecule has 4 heterocycles. The molecule has 0 radical (unpaired) electrons. The molecule has 3 aliphatic heterocycles. The van der Waals surface area contributed by atoms with Crippen molar-refractivity contribution in [3.8, 4) is 5.75 Å². The average molecular weight is 954 g/mol. The lowest BCUT2D eigenvalue weighted by molar-refractivity contribution is -0.140. The molecule has 1 saturated carbocycles. The minimum Gasteiger partial charge on any atom is -0.495 e. The predicted molar refractivity (Wildman–Crippen MR) is 246 cm³/mol. The van der Waals surface area contributed by atoms with Crippen LogP contribution in [0.15, 0.2) is 42.6 Å². The van der Waals surface area contributed by atoms with E-state index in [0.29, 0.717) is 97.9 Å². The van der Waals surface area contributed by atoms with Crippen LogP contribution in [0.25, 0.3) is 0 Å². The van der Waals surface area contributed by atoms with E-state index in [1.54, 1.807) is 0 Å². The first-order valence-electron chi connectivity index (χ1n) is 23.4. The van der Waals surface area contributed by atoms with Gasteiger partial charge in [-0.25, -0.2) is 9.37 Å². The molecule has 4 N–H and O–H groups in total. The maximum Gasteiger partial charge on any atom is 0.342 e. The first-order chi connectivity index (χ1) is 32.9. The molecule has 0 spiro atoms. The number of alkyl halides is 2. The number of nitrogens with zero attached hydrogens (tertiary/aromatic N) is 5. The highest BCUT2D eigenvalue weighted by atomic mass is 19.3. The summed E-state index contributed by atoms with van der Waals surface area (Å²) in [6.07, 6.45) is 6.66. The molecular weight excluding hydrogens is 892 g/mol. The third-order valence-electron chi connectivity index (χ3n) is 12.6. The molecule has 1 aromatic heterocycles. The summed E-state index contributed by atoms with van der Waals surface area (Å²) in [6, 6.07) is 9.67. The van der Waals surface area contributed by atoms with Gasteiger partial charge in [-0.15, -0.1) is 0 Å². The molecule has 0 bridgehead atoms. The Morgan fingerprint density at radius 1 is 0.882 bits per heavy atom. The lowest BCUT2D eigenvalue weighted by Crippen LogP contribution is -2.48. The van der Waals surface area contributed by atoms with Crippen LogP contribution in [0.2, 0.25) is 0 Å². The molecule has 1 aliphatic carbocycles. The van der Waals surface area contributed by atoms with Crippen molar-refractivity contribution >= 4 is 52.5 Å². The fraction of sp³-hybridized carbons (Fsp3) is 0.574. The van der Waals surface area contributed by atoms with Gasteiger partial charge >= 0.3 is 5.92 Å². The number of benzene rings is 2. The number of ether oxygens (including phenoxy) is 5. The summed E-state index contributed by atoms with van der Waals surface area (Å²) in [7, 11) is 2.65. The van der Waals surface area contributed by atoms with Crippen LogP contribution in [0.3, 0.4) is 0 Å². The number of amides is 4. The Morgan fingerprint density at radius 3 is 2.21 bits per heavy atom. The number of hydrogen-bond donors (Lipinski definition) is 4. The van der Waals surface area contributed by atoms with Crippen molar-refractivity contribution in [2.75, 3.05) is 120 Å². The van der Waals surface area contributed by atoms with Crippen LogP contribution in [0, 0.1) is 5.82 Å². The minimum absolute atomic E-state index is 0.0172. The van der Waals surface area contributed by atoms with Crippen LogP contribution in [-0.2, 0) is 33.3 Å². The Kier molecular flexibility index (Phi) is 17.8. The SMILES string of the molecule is COc1cc(C(=O)NC2CCN(CCOCCOCCOCCOCCNc3ccc(C4CCC(=O)NC4=O)cc3)CC2)c(F)cc1Nc1ncc2c(n1)N(C1CCCC1)CC(F)(F)C(=O)N2C. The number of carbonyl (C=O) groups is 4. The van der Waals surface area contributed by atoms with Gasteiger partial charge in [0.2, 0.25) is 17.8 Å². The molecule has 1 unspecified atom stereocenters. The standard InChI is InChI=1S/C47H62F3N9O9/c1-57-39-29-52-46(56-42(39)59(34-5-3-4-6-34)30-47(49,50)45(57)63)54-38-28-37(48)36(27-40(38)64-2)44(62)53-33-13-16-58(17-14-33)18-20-66-22-24-68-26-25-67-23-21-65-19-15-51-32-9-7-31(8-10-32)35-11-12-41(60)55-43(35)61/h7-10,27-29,33-35,51H,3-6,11-26,30H2,1-2H3,(H,53,62)(H,52,54,56)(H,55,60,61). The number of hydrogen-bond acceptors (Lipinski definition) is 15. The van der Waals surface area contributed by atoms with Crippen molar-refractivity contribution in [3.05, 3.63) is 59.5 Å². The molecule has 3 fully saturated rings. The summed E-state index contributed by atoms with van der Waals surface area (Å²) in [4.78, 5) is 62.8. The fourth-order valence-electron chi connectivity index (χ4n) is 8.85. The van der Waals surface area contributed by atoms with Gasteiger partial charge in [-0.3, -0.25) is 24.5 Å². The Hall–Kier alpha value is -5.61. The molecule has 68 heavy (non-hydrogen) atoms. The van der Waals surface area contributed by atoms with E-state index in [9.17, 15) is 19.2 Å². The van der Waals surface area contributed by atoms with Gasteiger partial charge < -0.3 is 54.3 Å². The molecule has 7 rings (SSSR count). The molecule has 4 aliphatic rings. The van der Waals surface area contributed by atoms with E-state index in [-0.39, 0.29) is 64.3 Å². The molecule has 4 amide bonds. The molecular formula is C47H62F3N9O9. The molecule has 18 nitrogen and oxygen atoms in total. The lowest BCUT2D eigenvalue weighted by Gasteiger charge is -2.32. The van der Waals surface area contributed by atoms with Crippen molar-refractivity contribution in [1.82, 2.24) is 25.5 Å². The van der Waals surface area contributed by atoms with E-state index in [1.165, 1.54) is 31.3 Å². The molecule has 2 aromatic carbocycles. The van der Waals surface area contributed by atoms with Gasteiger partial charge in [0.05, 0.1) is 89.9 Å². The van der Waals surface area contributed by atoms with Gasteiger partial charge in [-0.2, -0.15) is 13.8 Å². The van der Waals surface area contributed by atoms with Crippen LogP contribution in [-0.4, -0.2) is 156 Å². The second-order valence-electron chi connectivity index (χ2n) is 17.3. The zero-order chi connectivity index (χ0) is 48.0. The van der Waals surface area contributed by atoms with E-state index in [4.69, 9.17) is 23.7 Å². The summed E-state index contributed by atoms with van der Waals surface area (Å²) in [5.41, 5.74) is 1.89. The number of nitrogens with one attached hydrogen (secondary N) is 4. The normalized spacial score (nSPS) is 19.1. The summed E-state index contributed by atoms with van der Waals surface area (Å²) in [6.45, 7) is 5.73. The van der Waals surface area contributed by atoms with Crippen molar-refractivity contribution in [2.45, 2.75) is 75.3 Å². The van der Waals surface area contributed by atoms with Crippen LogP contribution in [0.5, 0.6) is 5.75 Å². The zero-order valence-corrected chi connectivity index (χ0v) is 38.7. The predicted octanol–water partition coefficient (Wildman–Crippen LogP) is 4.62. The van der Waals surface area contributed by atoms with Gasteiger partial charge in [0.15, 0.2) is 5.82 Å². The smallest absolute Gasteiger partial charge is 0.342 e. The monoisotopic (exact) mass is 953 g/mol. The van der Waals surface area contributed by atoms with Crippen molar-refractivity contribution in [1.29, 1.82) is 0 Å². The first kappa shape index (κ1) is 50.3. The lowest BCUT2D eigenvalue weighted by atomic mass is 9.90. The second-order valence-corrected chi connectivity index (χ2v) is 17.3. The van der Waals surface area contributed by atoms with E-state index < -0.39 is 30.1 Å². The number of carbonyl (C=O) groups excluding carboxylic acids is 4. The highest BCUT2D eigenvalue weighted by molar-refractivity contribution is 6.02. The quantitative estimate of drug-likeness (QED) is 0.0759. The van der Waals surface area contributed by atoms with E-state index in [0.717, 1.165) is 54.7 Å². The Bertz CT molecular complexity index is 2190. The van der Waals surface area contributed by atoms with Gasteiger partial charge in [0, 0.05) is 63.5 Å². The number of halogens is 3. The Labute approximate surface area is 393 Å². The van der Waals surface area contributed by atoms with Crippen LogP contribution in [0.1, 0.15) is 73.2 Å². The minimum atomic E-state index is -3.63. The van der Waals surface area contributed by atoms with Crippen molar-refractivity contribution < 1.29 is 56.0 Å². The third kappa shape index (κ3) is 13.3. The average Bonchev–Trinajstić information content (AvgIpc) is 3.86. The van der Waals surface area contributed by atoms with Crippen molar-refractivity contribution in [3.63, 3.8) is 0 Å². The van der Waals surface area contributed by atoms with E-state index in [2.05, 4.69) is 36.1 Å². The Balaban J connectivity index is 0.732. The van der Waals surface area contributed by atoms with Gasteiger partial charge in [0.25, 0.3) is 11.8 Å². The highest BCUT2D eigenvalue weighted by Crippen LogP contribution is 2.40. The van der Waals surface area contributed by atoms with Gasteiger partial charge in [-0.1, -0.05) is 25.0 Å². The first-order valence-corrected chi connectivity index (χ1v) is 23.4. The largest absolute Gasteiger partial charge is 0.495 e. The zero-order valence-electron chi connectivity index (χ0n) is 38.7. The highest BCUT2D eigenvalue weighted by Gasteiger charge is 2.49. The topological polar surface area (TPSA) is 198 Å². The van der Waals surface area contributed by atoms with Crippen LogP contribution >= 0.6 is 0 Å². The number of piperidine rings is 2. The second kappa shape index (κ2) is 24.1. The molecule has 21 heteroatoms.